The smallest absolute Gasteiger partial charge is 0.308 e. The Labute approximate surface area is 124 Å². The van der Waals surface area contributed by atoms with E-state index in [0.29, 0.717) is 24.6 Å². The molecule has 0 heterocycles. The van der Waals surface area contributed by atoms with Crippen molar-refractivity contribution in [2.75, 3.05) is 12.4 Å². The number of alkyl halides is 1. The Morgan fingerprint density at radius 2 is 2.10 bits per heavy atom. The van der Waals surface area contributed by atoms with Crippen LogP contribution >= 0.6 is 11.6 Å². The van der Waals surface area contributed by atoms with Crippen molar-refractivity contribution >= 4 is 23.2 Å². The molecule has 8 heteroatoms. The Balaban J connectivity index is 2.14. The first-order valence-electron chi connectivity index (χ1n) is 6.36. The Kier molecular flexibility index (Phi) is 4.41. The van der Waals surface area contributed by atoms with Crippen LogP contribution in [0.25, 0.3) is 0 Å². The second-order valence-electron chi connectivity index (χ2n) is 5.17. The minimum Gasteiger partial charge on any atom is -0.351 e. The lowest BCUT2D eigenvalue weighted by atomic mass is 10.0. The van der Waals surface area contributed by atoms with Gasteiger partial charge in [0.1, 0.15) is 5.82 Å². The van der Waals surface area contributed by atoms with Crippen LogP contribution < -0.4 is 5.32 Å². The molecular formula is C13H13ClF2N2O3. The molecule has 114 valence electrons. The van der Waals surface area contributed by atoms with Crippen molar-refractivity contribution < 1.29 is 18.5 Å². The Morgan fingerprint density at radius 1 is 1.43 bits per heavy atom. The summed E-state index contributed by atoms with van der Waals surface area (Å²) >= 11 is 5.66. The maximum Gasteiger partial charge on any atom is 0.308 e. The molecular weight excluding hydrogens is 306 g/mol. The summed E-state index contributed by atoms with van der Waals surface area (Å²) in [6.07, 6.45) is 2.54. The van der Waals surface area contributed by atoms with Crippen molar-refractivity contribution in [2.45, 2.75) is 19.3 Å². The van der Waals surface area contributed by atoms with E-state index in [1.165, 1.54) is 0 Å². The molecule has 0 saturated heterocycles. The van der Waals surface area contributed by atoms with Crippen LogP contribution in [0.5, 0.6) is 0 Å². The van der Waals surface area contributed by atoms with E-state index in [4.69, 9.17) is 11.6 Å². The van der Waals surface area contributed by atoms with Crippen molar-refractivity contribution in [1.82, 2.24) is 5.32 Å². The average Bonchev–Trinajstić information content (AvgIpc) is 3.18. The van der Waals surface area contributed by atoms with Crippen LogP contribution in [0.15, 0.2) is 12.1 Å². The number of rotatable bonds is 6. The third-order valence-corrected chi connectivity index (χ3v) is 3.85. The molecule has 1 aromatic carbocycles. The molecule has 0 bridgehead atoms. The summed E-state index contributed by atoms with van der Waals surface area (Å²) in [7, 11) is 0. The van der Waals surface area contributed by atoms with Gasteiger partial charge in [-0.3, -0.25) is 14.9 Å². The predicted octanol–water partition coefficient (Wildman–Crippen LogP) is 3.01. The quantitative estimate of drug-likeness (QED) is 0.498. The third kappa shape index (κ3) is 3.47. The molecule has 0 radical (unpaired) electrons. The SMILES string of the molecule is O=C(NCC1(CCCl)CC1)c1cc(F)cc([N+](=O)[O-])c1F. The molecule has 1 saturated carbocycles. The van der Waals surface area contributed by atoms with E-state index < -0.39 is 33.7 Å². The van der Waals surface area contributed by atoms with Crippen LogP contribution in [-0.2, 0) is 0 Å². The maximum atomic E-state index is 13.8. The fourth-order valence-electron chi connectivity index (χ4n) is 2.13. The molecule has 5 nitrogen and oxygen atoms in total. The van der Waals surface area contributed by atoms with Gasteiger partial charge in [-0.05, 0) is 30.7 Å². The number of hydrogen-bond donors (Lipinski definition) is 1. The summed E-state index contributed by atoms with van der Waals surface area (Å²) in [5.41, 5.74) is -1.79. The fraction of sp³-hybridized carbons (Fsp3) is 0.462. The van der Waals surface area contributed by atoms with Crippen molar-refractivity contribution in [2.24, 2.45) is 5.41 Å². The highest BCUT2D eigenvalue weighted by atomic mass is 35.5. The second kappa shape index (κ2) is 5.93. The summed E-state index contributed by atoms with van der Waals surface area (Å²) < 4.78 is 27.1. The normalized spacial score (nSPS) is 15.6. The lowest BCUT2D eigenvalue weighted by Gasteiger charge is -2.14. The molecule has 0 atom stereocenters. The van der Waals surface area contributed by atoms with Crippen molar-refractivity contribution in [3.05, 3.63) is 39.4 Å². The number of benzene rings is 1. The first-order chi connectivity index (χ1) is 9.88. The van der Waals surface area contributed by atoms with Crippen LogP contribution in [0, 0.1) is 27.2 Å². The molecule has 0 aromatic heterocycles. The number of halogens is 3. The maximum absolute atomic E-state index is 13.8. The van der Waals surface area contributed by atoms with E-state index in [1.807, 2.05) is 0 Å². The summed E-state index contributed by atoms with van der Waals surface area (Å²) in [6.45, 7) is 0.294. The van der Waals surface area contributed by atoms with Crippen LogP contribution in [0.1, 0.15) is 29.6 Å². The molecule has 1 aromatic rings. The number of nitrogens with zero attached hydrogens (tertiary/aromatic N) is 1. The highest BCUT2D eigenvalue weighted by Crippen LogP contribution is 2.48. The van der Waals surface area contributed by atoms with E-state index in [-0.39, 0.29) is 5.41 Å². The van der Waals surface area contributed by atoms with Gasteiger partial charge in [0.2, 0.25) is 5.82 Å². The van der Waals surface area contributed by atoms with E-state index in [0.717, 1.165) is 19.3 Å². The van der Waals surface area contributed by atoms with Gasteiger partial charge in [0, 0.05) is 12.4 Å². The molecule has 2 rings (SSSR count). The number of hydrogen-bond acceptors (Lipinski definition) is 3. The molecule has 0 unspecified atom stereocenters. The van der Waals surface area contributed by atoms with Gasteiger partial charge < -0.3 is 5.32 Å². The second-order valence-corrected chi connectivity index (χ2v) is 5.54. The van der Waals surface area contributed by atoms with E-state index in [2.05, 4.69) is 5.32 Å². The van der Waals surface area contributed by atoms with Crippen molar-refractivity contribution in [3.63, 3.8) is 0 Å². The lowest BCUT2D eigenvalue weighted by molar-refractivity contribution is -0.387. The third-order valence-electron chi connectivity index (χ3n) is 3.67. The molecule has 1 N–H and O–H groups in total. The number of carbonyl (C=O) groups is 1. The summed E-state index contributed by atoms with van der Waals surface area (Å²) in [5, 5.41) is 13.1. The van der Waals surface area contributed by atoms with E-state index in [9.17, 15) is 23.7 Å². The molecule has 0 spiro atoms. The Morgan fingerprint density at radius 3 is 2.62 bits per heavy atom. The number of carbonyl (C=O) groups excluding carboxylic acids is 1. The van der Waals surface area contributed by atoms with Gasteiger partial charge in [-0.25, -0.2) is 4.39 Å². The first-order valence-corrected chi connectivity index (χ1v) is 6.90. The topological polar surface area (TPSA) is 72.2 Å². The summed E-state index contributed by atoms with van der Waals surface area (Å²) in [6, 6.07) is 1.10. The van der Waals surface area contributed by atoms with Crippen molar-refractivity contribution in [3.8, 4) is 0 Å². The predicted molar refractivity (Wildman–Crippen MR) is 72.3 cm³/mol. The zero-order valence-corrected chi connectivity index (χ0v) is 11.8. The number of nitro groups is 1. The Bertz CT molecular complexity index is 591. The monoisotopic (exact) mass is 318 g/mol. The van der Waals surface area contributed by atoms with E-state index in [1.54, 1.807) is 0 Å². The van der Waals surface area contributed by atoms with Gasteiger partial charge in [0.25, 0.3) is 5.91 Å². The van der Waals surface area contributed by atoms with Gasteiger partial charge in [-0.1, -0.05) is 0 Å². The number of amides is 1. The van der Waals surface area contributed by atoms with Gasteiger partial charge in [-0.15, -0.1) is 11.6 Å². The highest BCUT2D eigenvalue weighted by Gasteiger charge is 2.42. The highest BCUT2D eigenvalue weighted by molar-refractivity contribution is 6.17. The van der Waals surface area contributed by atoms with Gasteiger partial charge in [-0.2, -0.15) is 4.39 Å². The Hall–Kier alpha value is -1.76. The average molecular weight is 319 g/mol. The van der Waals surface area contributed by atoms with Gasteiger partial charge in [0.15, 0.2) is 0 Å². The minimum atomic E-state index is -1.33. The summed E-state index contributed by atoms with van der Waals surface area (Å²) in [4.78, 5) is 21.4. The molecule has 1 fully saturated rings. The van der Waals surface area contributed by atoms with Crippen LogP contribution in [0.3, 0.4) is 0 Å². The largest absolute Gasteiger partial charge is 0.351 e. The zero-order valence-electron chi connectivity index (χ0n) is 11.0. The molecule has 21 heavy (non-hydrogen) atoms. The lowest BCUT2D eigenvalue weighted by Crippen LogP contribution is -2.31. The molecule has 1 aliphatic carbocycles. The number of nitrogens with one attached hydrogen (secondary N) is 1. The van der Waals surface area contributed by atoms with Crippen LogP contribution in [0.4, 0.5) is 14.5 Å². The summed E-state index contributed by atoms with van der Waals surface area (Å²) in [5.74, 6) is -2.78. The van der Waals surface area contributed by atoms with Gasteiger partial charge >= 0.3 is 5.69 Å². The molecule has 1 aliphatic rings. The first kappa shape index (κ1) is 15.6. The number of nitro benzene ring substituents is 1. The minimum absolute atomic E-state index is 0.0762. The molecule has 0 aliphatic heterocycles. The van der Waals surface area contributed by atoms with Crippen LogP contribution in [0.2, 0.25) is 0 Å². The fourth-order valence-corrected chi connectivity index (χ4v) is 2.53. The van der Waals surface area contributed by atoms with Crippen LogP contribution in [-0.4, -0.2) is 23.3 Å². The standard InChI is InChI=1S/C13H13ClF2N2O3/c14-4-3-13(1-2-13)7-17-12(19)9-5-8(15)6-10(11(9)16)18(20)21/h5-6H,1-4,7H2,(H,17,19). The zero-order chi connectivity index (χ0) is 15.6. The molecule has 1 amide bonds. The van der Waals surface area contributed by atoms with E-state index >= 15 is 0 Å². The van der Waals surface area contributed by atoms with Gasteiger partial charge in [0.05, 0.1) is 16.6 Å². The van der Waals surface area contributed by atoms with Crippen molar-refractivity contribution in [1.29, 1.82) is 0 Å².